The summed E-state index contributed by atoms with van der Waals surface area (Å²) >= 11 is 0. The van der Waals surface area contributed by atoms with Gasteiger partial charge in [0, 0.05) is 11.8 Å². The van der Waals surface area contributed by atoms with Crippen LogP contribution < -0.4 is 10.1 Å². The zero-order valence-corrected chi connectivity index (χ0v) is 13.1. The zero-order chi connectivity index (χ0) is 15.8. The van der Waals surface area contributed by atoms with Crippen molar-refractivity contribution in [1.29, 1.82) is 0 Å². The fraction of sp³-hybridized carbons (Fsp3) is 0.316. The Bertz CT molecular complexity index is 690. The molecule has 0 saturated carbocycles. The van der Waals surface area contributed by atoms with E-state index in [1.54, 1.807) is 0 Å². The van der Waals surface area contributed by atoms with Gasteiger partial charge in [-0.05, 0) is 17.4 Å². The maximum Gasteiger partial charge on any atom is 0.221 e. The second-order valence-corrected chi connectivity index (χ2v) is 5.49. The van der Waals surface area contributed by atoms with Gasteiger partial charge in [0.15, 0.2) is 0 Å². The summed E-state index contributed by atoms with van der Waals surface area (Å²) in [6.07, 6.45) is 0.536. The quantitative estimate of drug-likeness (QED) is 0.859. The van der Waals surface area contributed by atoms with Gasteiger partial charge in [-0.3, -0.25) is 4.79 Å². The van der Waals surface area contributed by atoms with Crippen LogP contribution in [0.25, 0.3) is 10.8 Å². The summed E-state index contributed by atoms with van der Waals surface area (Å²) in [5.74, 6) is 7.06. The fourth-order valence-electron chi connectivity index (χ4n) is 2.13. The van der Waals surface area contributed by atoms with Crippen molar-refractivity contribution in [1.82, 2.24) is 5.32 Å². The van der Waals surface area contributed by atoms with E-state index in [0.29, 0.717) is 25.5 Å². The molecule has 2 aromatic carbocycles. The lowest BCUT2D eigenvalue weighted by molar-refractivity contribution is -0.121. The molecular formula is C19H21NO2. The smallest absolute Gasteiger partial charge is 0.221 e. The predicted octanol–water partition coefficient (Wildman–Crippen LogP) is 3.38. The number of hydrogen-bond donors (Lipinski definition) is 1. The van der Waals surface area contributed by atoms with Crippen molar-refractivity contribution < 1.29 is 9.53 Å². The van der Waals surface area contributed by atoms with E-state index in [1.807, 2.05) is 44.2 Å². The van der Waals surface area contributed by atoms with Gasteiger partial charge in [0.05, 0.1) is 6.54 Å². The number of fused-ring (bicyclic) bond motifs is 1. The van der Waals surface area contributed by atoms with Gasteiger partial charge in [-0.25, -0.2) is 0 Å². The lowest BCUT2D eigenvalue weighted by Gasteiger charge is -2.06. The Labute approximate surface area is 131 Å². The summed E-state index contributed by atoms with van der Waals surface area (Å²) in [4.78, 5) is 11.4. The number of amides is 1. The number of nitrogens with one attached hydrogen (secondary N) is 1. The molecule has 1 amide bonds. The minimum absolute atomic E-state index is 0.0410. The lowest BCUT2D eigenvalue weighted by atomic mass is 10.1. The molecule has 2 rings (SSSR count). The molecule has 2 aromatic rings. The Kier molecular flexibility index (Phi) is 5.85. The van der Waals surface area contributed by atoms with E-state index in [4.69, 9.17) is 4.74 Å². The summed E-state index contributed by atoms with van der Waals surface area (Å²) in [5.41, 5.74) is 0. The minimum Gasteiger partial charge on any atom is -0.480 e. The highest BCUT2D eigenvalue weighted by atomic mass is 16.5. The van der Waals surface area contributed by atoms with E-state index < -0.39 is 0 Å². The summed E-state index contributed by atoms with van der Waals surface area (Å²) in [7, 11) is 0. The van der Waals surface area contributed by atoms with Gasteiger partial charge in [0.25, 0.3) is 0 Å². The van der Waals surface area contributed by atoms with E-state index in [0.717, 1.165) is 16.5 Å². The van der Waals surface area contributed by atoms with Gasteiger partial charge in [0.2, 0.25) is 5.91 Å². The number of rotatable bonds is 5. The first-order chi connectivity index (χ1) is 10.7. The van der Waals surface area contributed by atoms with Crippen LogP contribution in [0.5, 0.6) is 5.75 Å². The van der Waals surface area contributed by atoms with Crippen molar-refractivity contribution in [3.05, 3.63) is 42.5 Å². The maximum atomic E-state index is 11.4. The Morgan fingerprint density at radius 3 is 2.73 bits per heavy atom. The highest BCUT2D eigenvalue weighted by Crippen LogP contribution is 2.24. The topological polar surface area (TPSA) is 38.3 Å². The molecule has 0 aliphatic carbocycles. The van der Waals surface area contributed by atoms with Crippen molar-refractivity contribution in [2.45, 2.75) is 20.3 Å². The third-order valence-electron chi connectivity index (χ3n) is 3.14. The molecule has 3 heteroatoms. The molecule has 0 fully saturated rings. The number of hydrogen-bond acceptors (Lipinski definition) is 2. The van der Waals surface area contributed by atoms with Crippen LogP contribution in [-0.2, 0) is 4.79 Å². The molecule has 1 N–H and O–H groups in total. The normalized spacial score (nSPS) is 10.1. The second kappa shape index (κ2) is 8.09. The van der Waals surface area contributed by atoms with E-state index >= 15 is 0 Å². The number of carbonyl (C=O) groups is 1. The summed E-state index contributed by atoms with van der Waals surface area (Å²) in [5, 5.41) is 5.00. The molecule has 3 nitrogen and oxygen atoms in total. The molecule has 114 valence electrons. The lowest BCUT2D eigenvalue weighted by Crippen LogP contribution is -2.24. The van der Waals surface area contributed by atoms with Crippen LogP contribution in [0.4, 0.5) is 0 Å². The number of ether oxygens (including phenoxy) is 1. The van der Waals surface area contributed by atoms with Crippen LogP contribution in [0.1, 0.15) is 20.3 Å². The largest absolute Gasteiger partial charge is 0.480 e. The summed E-state index contributed by atoms with van der Waals surface area (Å²) in [6.45, 7) is 4.71. The van der Waals surface area contributed by atoms with Crippen LogP contribution >= 0.6 is 0 Å². The molecule has 0 unspecified atom stereocenters. The second-order valence-electron chi connectivity index (χ2n) is 5.49. The predicted molar refractivity (Wildman–Crippen MR) is 89.7 cm³/mol. The van der Waals surface area contributed by atoms with Gasteiger partial charge < -0.3 is 10.1 Å². The van der Waals surface area contributed by atoms with Crippen LogP contribution in [0.15, 0.2) is 42.5 Å². The highest BCUT2D eigenvalue weighted by molar-refractivity contribution is 5.88. The Morgan fingerprint density at radius 1 is 1.14 bits per heavy atom. The standard InChI is InChI=1S/C19H21NO2/c1-15(2)14-19(21)20-12-5-6-13-22-18-11-7-9-16-8-3-4-10-17(16)18/h3-4,7-11,15H,12-14H2,1-2H3,(H,20,21). The molecule has 22 heavy (non-hydrogen) atoms. The molecule has 0 bridgehead atoms. The molecule has 0 heterocycles. The first-order valence-electron chi connectivity index (χ1n) is 7.50. The number of carbonyl (C=O) groups excluding carboxylic acids is 1. The molecule has 0 aliphatic heterocycles. The monoisotopic (exact) mass is 295 g/mol. The van der Waals surface area contributed by atoms with Crippen LogP contribution in [0.2, 0.25) is 0 Å². The van der Waals surface area contributed by atoms with E-state index in [2.05, 4.69) is 29.3 Å². The first kappa shape index (κ1) is 15.9. The molecule has 0 spiro atoms. The Hall–Kier alpha value is -2.47. The zero-order valence-electron chi connectivity index (χ0n) is 13.1. The van der Waals surface area contributed by atoms with Crippen molar-refractivity contribution >= 4 is 16.7 Å². The third-order valence-corrected chi connectivity index (χ3v) is 3.14. The molecule has 0 atom stereocenters. The molecule has 0 radical (unpaired) electrons. The summed E-state index contributed by atoms with van der Waals surface area (Å²) in [6, 6.07) is 14.0. The Balaban J connectivity index is 1.81. The maximum absolute atomic E-state index is 11.4. The van der Waals surface area contributed by atoms with Gasteiger partial charge >= 0.3 is 0 Å². The van der Waals surface area contributed by atoms with Crippen LogP contribution in [0.3, 0.4) is 0 Å². The van der Waals surface area contributed by atoms with E-state index in [9.17, 15) is 4.79 Å². The van der Waals surface area contributed by atoms with Gasteiger partial charge in [-0.2, -0.15) is 0 Å². The average Bonchev–Trinajstić information content (AvgIpc) is 2.50. The van der Waals surface area contributed by atoms with Gasteiger partial charge in [0.1, 0.15) is 12.4 Å². The van der Waals surface area contributed by atoms with Crippen molar-refractivity contribution in [3.63, 3.8) is 0 Å². The minimum atomic E-state index is 0.0410. The Morgan fingerprint density at radius 2 is 1.91 bits per heavy atom. The van der Waals surface area contributed by atoms with E-state index in [1.165, 1.54) is 0 Å². The fourth-order valence-corrected chi connectivity index (χ4v) is 2.13. The van der Waals surface area contributed by atoms with Crippen LogP contribution in [-0.4, -0.2) is 19.1 Å². The summed E-state index contributed by atoms with van der Waals surface area (Å²) < 4.78 is 5.70. The molecular weight excluding hydrogens is 274 g/mol. The number of benzene rings is 2. The average molecular weight is 295 g/mol. The molecule has 0 saturated heterocycles. The van der Waals surface area contributed by atoms with Gasteiger partial charge in [-0.1, -0.05) is 62.1 Å². The third kappa shape index (κ3) is 4.82. The van der Waals surface area contributed by atoms with Gasteiger partial charge in [-0.15, -0.1) is 0 Å². The van der Waals surface area contributed by atoms with Crippen molar-refractivity contribution in [2.75, 3.05) is 13.2 Å². The molecule has 0 aliphatic rings. The van der Waals surface area contributed by atoms with Crippen molar-refractivity contribution in [3.8, 4) is 17.6 Å². The SMILES string of the molecule is CC(C)CC(=O)NCC#CCOc1cccc2ccccc12. The highest BCUT2D eigenvalue weighted by Gasteiger charge is 2.02. The first-order valence-corrected chi connectivity index (χ1v) is 7.50. The van der Waals surface area contributed by atoms with E-state index in [-0.39, 0.29) is 5.91 Å². The van der Waals surface area contributed by atoms with Crippen LogP contribution in [0, 0.1) is 17.8 Å². The van der Waals surface area contributed by atoms with Crippen molar-refractivity contribution in [2.24, 2.45) is 5.92 Å². The molecule has 0 aromatic heterocycles.